The molecule has 2 N–H and O–H groups in total. The van der Waals surface area contributed by atoms with Crippen LogP contribution < -0.4 is 10.5 Å². The fourth-order valence-corrected chi connectivity index (χ4v) is 5.30. The number of carbonyl (C=O) groups is 1. The Balaban J connectivity index is 1.26. The molecule has 1 atom stereocenters. The molecule has 1 saturated carbocycles. The van der Waals surface area contributed by atoms with Crippen LogP contribution in [0.4, 0.5) is 5.82 Å². The quantitative estimate of drug-likeness (QED) is 0.357. The van der Waals surface area contributed by atoms with E-state index in [0.717, 1.165) is 63.5 Å². The number of pyridine rings is 2. The summed E-state index contributed by atoms with van der Waals surface area (Å²) in [7, 11) is 1.90. The average molecular weight is 491 g/mol. The predicted molar refractivity (Wildman–Crippen MR) is 142 cm³/mol. The number of nitrogen functional groups attached to an aromatic ring is 1. The van der Waals surface area contributed by atoms with E-state index in [4.69, 9.17) is 10.5 Å². The monoisotopic (exact) mass is 490 g/mol. The van der Waals surface area contributed by atoms with E-state index in [1.165, 1.54) is 0 Å². The van der Waals surface area contributed by atoms with Crippen molar-refractivity contribution in [2.75, 3.05) is 18.9 Å². The molecule has 5 aromatic rings. The van der Waals surface area contributed by atoms with Crippen molar-refractivity contribution in [2.45, 2.75) is 18.9 Å². The van der Waals surface area contributed by atoms with Gasteiger partial charge in [0.25, 0.3) is 5.91 Å². The van der Waals surface area contributed by atoms with Crippen molar-refractivity contribution >= 4 is 33.4 Å². The first-order valence-electron chi connectivity index (χ1n) is 12.5. The number of rotatable bonds is 5. The lowest BCUT2D eigenvalue weighted by molar-refractivity contribution is 0.0638. The van der Waals surface area contributed by atoms with Gasteiger partial charge in [0.2, 0.25) is 0 Å². The molecule has 184 valence electrons. The highest BCUT2D eigenvalue weighted by Crippen LogP contribution is 2.42. The maximum absolute atomic E-state index is 14.0. The van der Waals surface area contributed by atoms with Gasteiger partial charge in [0.15, 0.2) is 0 Å². The topological polar surface area (TPSA) is 99.2 Å². The molecule has 1 fully saturated rings. The van der Waals surface area contributed by atoms with Gasteiger partial charge in [-0.15, -0.1) is 0 Å². The van der Waals surface area contributed by atoms with Gasteiger partial charge in [0, 0.05) is 65.0 Å². The van der Waals surface area contributed by atoms with Crippen LogP contribution in [0.2, 0.25) is 0 Å². The van der Waals surface area contributed by atoms with Gasteiger partial charge in [-0.2, -0.15) is 5.10 Å². The number of amides is 1. The number of aromatic nitrogens is 4. The Morgan fingerprint density at radius 3 is 2.78 bits per heavy atom. The Morgan fingerprint density at radius 2 is 1.97 bits per heavy atom. The second-order valence-corrected chi connectivity index (χ2v) is 10.0. The van der Waals surface area contributed by atoms with E-state index in [1.807, 2.05) is 48.6 Å². The lowest BCUT2D eigenvalue weighted by Gasteiger charge is -2.29. The Hall–Kier alpha value is -4.46. The molecule has 1 amide bonds. The predicted octanol–water partition coefficient (Wildman–Crippen LogP) is 4.75. The summed E-state index contributed by atoms with van der Waals surface area (Å²) in [5, 5.41) is 6.88. The van der Waals surface area contributed by atoms with Crippen molar-refractivity contribution in [3.63, 3.8) is 0 Å². The van der Waals surface area contributed by atoms with Crippen molar-refractivity contribution in [3.05, 3.63) is 78.4 Å². The molecule has 37 heavy (non-hydrogen) atoms. The summed E-state index contributed by atoms with van der Waals surface area (Å²) in [6.45, 7) is 1.17. The number of ether oxygens (including phenoxy) is 1. The highest BCUT2D eigenvalue weighted by Gasteiger charge is 2.37. The van der Waals surface area contributed by atoms with Crippen LogP contribution in [0.25, 0.3) is 32.8 Å². The fourth-order valence-electron chi connectivity index (χ4n) is 5.30. The first-order valence-corrected chi connectivity index (χ1v) is 12.5. The smallest absolute Gasteiger partial charge is 0.254 e. The maximum atomic E-state index is 14.0. The van der Waals surface area contributed by atoms with Crippen LogP contribution in [0, 0.1) is 5.92 Å². The molecule has 8 heteroatoms. The zero-order valence-electron chi connectivity index (χ0n) is 20.5. The zero-order chi connectivity index (χ0) is 25.1. The van der Waals surface area contributed by atoms with Crippen molar-refractivity contribution in [1.29, 1.82) is 0 Å². The molecule has 0 spiro atoms. The van der Waals surface area contributed by atoms with Crippen LogP contribution in [-0.2, 0) is 7.05 Å². The number of anilines is 1. The molecular formula is C29H26N6O2. The zero-order valence-corrected chi connectivity index (χ0v) is 20.5. The van der Waals surface area contributed by atoms with E-state index >= 15 is 0 Å². The van der Waals surface area contributed by atoms with Gasteiger partial charge in [0.1, 0.15) is 18.2 Å². The number of hydrogen-bond acceptors (Lipinski definition) is 6. The standard InChI is InChI=1S/C29H26N6O2/c1-34-15-20(12-32-34)18-4-6-22-26(16-37-27(22)11-18)35(14-17-2-3-17)29(36)19-5-7-25-23(10-19)24-13-31-9-8-21(24)28(30)33-25/h4-13,15,17,26H,2-3,14,16H2,1H3,(H2,30,33). The van der Waals surface area contributed by atoms with E-state index in [1.54, 1.807) is 17.1 Å². The Bertz CT molecular complexity index is 1690. The lowest BCUT2D eigenvalue weighted by Crippen LogP contribution is -2.37. The van der Waals surface area contributed by atoms with Crippen molar-refractivity contribution in [3.8, 4) is 16.9 Å². The third kappa shape index (κ3) is 3.76. The molecule has 2 aromatic carbocycles. The number of nitrogens with two attached hydrogens (primary N) is 1. The summed E-state index contributed by atoms with van der Waals surface area (Å²) in [5.74, 6) is 1.83. The highest BCUT2D eigenvalue weighted by molar-refractivity contribution is 6.11. The molecular weight excluding hydrogens is 464 g/mol. The van der Waals surface area contributed by atoms with Gasteiger partial charge in [-0.05, 0) is 54.7 Å². The third-order valence-corrected chi connectivity index (χ3v) is 7.47. The molecule has 3 aromatic heterocycles. The molecule has 1 unspecified atom stereocenters. The van der Waals surface area contributed by atoms with Gasteiger partial charge in [0.05, 0.1) is 17.8 Å². The van der Waals surface area contributed by atoms with E-state index in [2.05, 4.69) is 33.3 Å². The molecule has 1 aliphatic heterocycles. The molecule has 0 bridgehead atoms. The van der Waals surface area contributed by atoms with Crippen LogP contribution in [0.5, 0.6) is 5.75 Å². The van der Waals surface area contributed by atoms with E-state index in [-0.39, 0.29) is 11.9 Å². The molecule has 0 radical (unpaired) electrons. The highest BCUT2D eigenvalue weighted by atomic mass is 16.5. The number of benzene rings is 2. The number of nitrogens with zero attached hydrogens (tertiary/aromatic N) is 5. The van der Waals surface area contributed by atoms with Crippen molar-refractivity contribution in [2.24, 2.45) is 13.0 Å². The summed E-state index contributed by atoms with van der Waals surface area (Å²) in [6, 6.07) is 13.6. The Labute approximate surface area is 213 Å². The van der Waals surface area contributed by atoms with Crippen LogP contribution >= 0.6 is 0 Å². The van der Waals surface area contributed by atoms with E-state index in [0.29, 0.717) is 23.9 Å². The van der Waals surface area contributed by atoms with Gasteiger partial charge < -0.3 is 15.4 Å². The summed E-state index contributed by atoms with van der Waals surface area (Å²) >= 11 is 0. The number of fused-ring (bicyclic) bond motifs is 4. The van der Waals surface area contributed by atoms with Crippen LogP contribution in [0.3, 0.4) is 0 Å². The second kappa shape index (κ2) is 8.30. The van der Waals surface area contributed by atoms with Crippen LogP contribution in [0.1, 0.15) is 34.8 Å². The largest absolute Gasteiger partial charge is 0.491 e. The van der Waals surface area contributed by atoms with Crippen molar-refractivity contribution < 1.29 is 9.53 Å². The van der Waals surface area contributed by atoms with E-state index < -0.39 is 0 Å². The normalized spacial score (nSPS) is 16.6. The third-order valence-electron chi connectivity index (χ3n) is 7.47. The van der Waals surface area contributed by atoms with Gasteiger partial charge in [-0.3, -0.25) is 14.5 Å². The van der Waals surface area contributed by atoms with E-state index in [9.17, 15) is 4.79 Å². The van der Waals surface area contributed by atoms with Crippen LogP contribution in [-0.4, -0.2) is 43.7 Å². The minimum atomic E-state index is -0.135. The number of carbonyl (C=O) groups excluding carboxylic acids is 1. The minimum Gasteiger partial charge on any atom is -0.491 e. The molecule has 2 aliphatic rings. The summed E-state index contributed by atoms with van der Waals surface area (Å²) < 4.78 is 7.92. The second-order valence-electron chi connectivity index (χ2n) is 10.0. The number of hydrogen-bond donors (Lipinski definition) is 1. The summed E-state index contributed by atoms with van der Waals surface area (Å²) in [6.07, 6.45) is 9.63. The first-order chi connectivity index (χ1) is 18.0. The van der Waals surface area contributed by atoms with Crippen molar-refractivity contribution in [1.82, 2.24) is 24.6 Å². The molecule has 4 heterocycles. The molecule has 7 rings (SSSR count). The fraction of sp³-hybridized carbons (Fsp3) is 0.241. The average Bonchev–Trinajstić information content (AvgIpc) is 3.48. The molecule has 0 saturated heterocycles. The summed E-state index contributed by atoms with van der Waals surface area (Å²) in [4.78, 5) is 24.9. The molecule has 8 nitrogen and oxygen atoms in total. The molecule has 1 aliphatic carbocycles. The van der Waals surface area contributed by atoms with Crippen LogP contribution in [0.15, 0.2) is 67.3 Å². The number of aryl methyl sites for hydroxylation is 1. The first kappa shape index (κ1) is 21.8. The Kier molecular flexibility index (Phi) is 4.89. The van der Waals surface area contributed by atoms with Gasteiger partial charge >= 0.3 is 0 Å². The lowest BCUT2D eigenvalue weighted by atomic mass is 10.0. The summed E-state index contributed by atoms with van der Waals surface area (Å²) in [5.41, 5.74) is 10.7. The minimum absolute atomic E-state index is 0.000418. The van der Waals surface area contributed by atoms with Gasteiger partial charge in [-0.25, -0.2) is 4.98 Å². The van der Waals surface area contributed by atoms with Gasteiger partial charge in [-0.1, -0.05) is 12.1 Å². The maximum Gasteiger partial charge on any atom is 0.254 e. The SMILES string of the molecule is Cn1cc(-c2ccc3c(c2)OCC3N(CC2CC2)C(=O)c2ccc3nc(N)c4ccncc4c3c2)cn1. The Morgan fingerprint density at radius 1 is 1.08 bits per heavy atom.